The average molecular weight is 518 g/mol. The van der Waals surface area contributed by atoms with E-state index in [2.05, 4.69) is 47.9 Å². The lowest BCUT2D eigenvalue weighted by Gasteiger charge is -2.35. The molecule has 36 heavy (non-hydrogen) atoms. The van der Waals surface area contributed by atoms with Crippen LogP contribution in [0.4, 0.5) is 5.82 Å². The molecule has 4 aromatic rings. The first-order valence-corrected chi connectivity index (χ1v) is 13.2. The van der Waals surface area contributed by atoms with E-state index in [-0.39, 0.29) is 0 Å². The molecule has 0 unspecified atom stereocenters. The number of benzene rings is 3. The van der Waals surface area contributed by atoms with Gasteiger partial charge in [0.2, 0.25) is 0 Å². The van der Waals surface area contributed by atoms with E-state index >= 15 is 0 Å². The van der Waals surface area contributed by atoms with Gasteiger partial charge in [0, 0.05) is 53.9 Å². The van der Waals surface area contributed by atoms with Crippen molar-refractivity contribution in [3.8, 4) is 22.5 Å². The van der Waals surface area contributed by atoms with Crippen LogP contribution in [0, 0.1) is 0 Å². The first kappa shape index (κ1) is 24.8. The lowest BCUT2D eigenvalue weighted by atomic mass is 10.0. The van der Waals surface area contributed by atoms with Gasteiger partial charge in [0.1, 0.15) is 5.82 Å². The van der Waals surface area contributed by atoms with Crippen LogP contribution in [0.15, 0.2) is 79.0 Å². The van der Waals surface area contributed by atoms with Crippen molar-refractivity contribution in [1.82, 2.24) is 14.9 Å². The average Bonchev–Trinajstić information content (AvgIpc) is 2.90. The highest BCUT2D eigenvalue weighted by Gasteiger charge is 2.21. The summed E-state index contributed by atoms with van der Waals surface area (Å²) in [4.78, 5) is 14.8. The summed E-state index contributed by atoms with van der Waals surface area (Å²) < 4.78 is 0. The summed E-state index contributed by atoms with van der Waals surface area (Å²) in [5.41, 5.74) is 6.41. The van der Waals surface area contributed by atoms with Crippen LogP contribution in [0.3, 0.4) is 0 Å². The van der Waals surface area contributed by atoms with Crippen LogP contribution in [0.2, 0.25) is 10.0 Å². The van der Waals surface area contributed by atoms with Crippen molar-refractivity contribution in [3.05, 3.63) is 100 Å². The first-order chi connectivity index (χ1) is 17.5. The fourth-order valence-corrected chi connectivity index (χ4v) is 4.81. The third kappa shape index (κ3) is 5.73. The SMILES string of the molecule is CC(C)c1ccc(CN2CCN(c3cnc(-c4ccc(Cl)cc4)c(-c4ccc(Cl)cc4)n3)CC2)cc1. The van der Waals surface area contributed by atoms with Crippen LogP contribution in [0.1, 0.15) is 30.9 Å². The van der Waals surface area contributed by atoms with Crippen molar-refractivity contribution in [2.45, 2.75) is 26.3 Å². The number of halogens is 2. The van der Waals surface area contributed by atoms with E-state index in [9.17, 15) is 0 Å². The van der Waals surface area contributed by atoms with Gasteiger partial charge in [0.05, 0.1) is 17.6 Å². The van der Waals surface area contributed by atoms with Gasteiger partial charge >= 0.3 is 0 Å². The fourth-order valence-electron chi connectivity index (χ4n) is 4.56. The quantitative estimate of drug-likeness (QED) is 0.264. The lowest BCUT2D eigenvalue weighted by Crippen LogP contribution is -2.46. The maximum Gasteiger partial charge on any atom is 0.147 e. The summed E-state index contributed by atoms with van der Waals surface area (Å²) in [6.07, 6.45) is 1.89. The molecule has 0 radical (unpaired) electrons. The molecule has 0 saturated carbocycles. The zero-order valence-corrected chi connectivity index (χ0v) is 22.2. The zero-order chi connectivity index (χ0) is 25.1. The molecule has 184 valence electrons. The molecular formula is C30H30Cl2N4. The zero-order valence-electron chi connectivity index (χ0n) is 20.7. The van der Waals surface area contributed by atoms with Crippen LogP contribution < -0.4 is 4.90 Å². The highest BCUT2D eigenvalue weighted by atomic mass is 35.5. The van der Waals surface area contributed by atoms with Crippen LogP contribution >= 0.6 is 23.2 Å². The molecule has 4 nitrogen and oxygen atoms in total. The molecule has 1 saturated heterocycles. The number of piperazine rings is 1. The van der Waals surface area contributed by atoms with Gasteiger partial charge in [-0.25, -0.2) is 4.98 Å². The number of nitrogens with zero attached hydrogens (tertiary/aromatic N) is 4. The summed E-state index contributed by atoms with van der Waals surface area (Å²) in [5.74, 6) is 1.46. The molecule has 2 heterocycles. The van der Waals surface area contributed by atoms with Crippen molar-refractivity contribution in [2.75, 3.05) is 31.1 Å². The van der Waals surface area contributed by atoms with Crippen molar-refractivity contribution in [1.29, 1.82) is 0 Å². The normalized spacial score (nSPS) is 14.4. The predicted molar refractivity (Wildman–Crippen MR) is 151 cm³/mol. The van der Waals surface area contributed by atoms with Gasteiger partial charge < -0.3 is 4.90 Å². The van der Waals surface area contributed by atoms with E-state index in [0.717, 1.165) is 61.1 Å². The van der Waals surface area contributed by atoms with Crippen LogP contribution in [-0.2, 0) is 6.54 Å². The van der Waals surface area contributed by atoms with Crippen molar-refractivity contribution in [3.63, 3.8) is 0 Å². The molecular weight excluding hydrogens is 487 g/mol. The van der Waals surface area contributed by atoms with Gasteiger partial charge in [-0.3, -0.25) is 9.88 Å². The summed E-state index contributed by atoms with van der Waals surface area (Å²) in [7, 11) is 0. The Morgan fingerprint density at radius 1 is 0.722 bits per heavy atom. The van der Waals surface area contributed by atoms with Gasteiger partial charge in [-0.05, 0) is 41.3 Å². The predicted octanol–water partition coefficient (Wildman–Crippen LogP) is 7.56. The van der Waals surface area contributed by atoms with E-state index in [1.807, 2.05) is 54.7 Å². The highest BCUT2D eigenvalue weighted by Crippen LogP contribution is 2.32. The highest BCUT2D eigenvalue weighted by molar-refractivity contribution is 6.31. The molecule has 1 fully saturated rings. The van der Waals surface area contributed by atoms with Gasteiger partial charge in [-0.1, -0.05) is 85.6 Å². The molecule has 6 heteroatoms. The number of anilines is 1. The molecule has 0 amide bonds. The van der Waals surface area contributed by atoms with Gasteiger partial charge in [0.15, 0.2) is 0 Å². The van der Waals surface area contributed by atoms with E-state index < -0.39 is 0 Å². The Bertz CT molecular complexity index is 1290. The summed E-state index contributed by atoms with van der Waals surface area (Å²) in [5, 5.41) is 1.40. The second-order valence-corrected chi connectivity index (χ2v) is 10.5. The van der Waals surface area contributed by atoms with Gasteiger partial charge in [-0.2, -0.15) is 0 Å². The minimum Gasteiger partial charge on any atom is -0.353 e. The van der Waals surface area contributed by atoms with Gasteiger partial charge in [-0.15, -0.1) is 0 Å². The molecule has 0 atom stereocenters. The molecule has 0 aliphatic carbocycles. The number of hydrogen-bond donors (Lipinski definition) is 0. The largest absolute Gasteiger partial charge is 0.353 e. The lowest BCUT2D eigenvalue weighted by molar-refractivity contribution is 0.249. The van der Waals surface area contributed by atoms with Crippen molar-refractivity contribution in [2.24, 2.45) is 0 Å². The summed E-state index contributed by atoms with van der Waals surface area (Å²) >= 11 is 12.3. The standard InChI is InChI=1S/C30H30Cl2N4/c1-21(2)23-5-3-22(4-6-23)20-35-15-17-36(18-16-35)28-19-33-29(24-7-11-26(31)12-8-24)30(34-28)25-9-13-27(32)14-10-25/h3-14,19,21H,15-18,20H2,1-2H3. The maximum absolute atomic E-state index is 6.16. The molecule has 0 N–H and O–H groups in total. The molecule has 0 spiro atoms. The third-order valence-electron chi connectivity index (χ3n) is 6.74. The molecule has 5 rings (SSSR count). The summed E-state index contributed by atoms with van der Waals surface area (Å²) in [6.45, 7) is 9.25. The third-order valence-corrected chi connectivity index (χ3v) is 7.25. The minimum atomic E-state index is 0.563. The van der Waals surface area contributed by atoms with E-state index in [4.69, 9.17) is 33.2 Å². The molecule has 1 aliphatic rings. The van der Waals surface area contributed by atoms with E-state index in [0.29, 0.717) is 16.0 Å². The summed E-state index contributed by atoms with van der Waals surface area (Å²) in [6, 6.07) is 24.6. The Hall–Kier alpha value is -2.92. The van der Waals surface area contributed by atoms with Crippen LogP contribution in [0.5, 0.6) is 0 Å². The maximum atomic E-state index is 6.16. The molecule has 1 aromatic heterocycles. The fraction of sp³-hybridized carbons (Fsp3) is 0.267. The molecule has 1 aliphatic heterocycles. The van der Waals surface area contributed by atoms with Crippen molar-refractivity contribution < 1.29 is 0 Å². The molecule has 0 bridgehead atoms. The van der Waals surface area contributed by atoms with Crippen molar-refractivity contribution >= 4 is 29.0 Å². The first-order valence-electron chi connectivity index (χ1n) is 12.4. The van der Waals surface area contributed by atoms with Gasteiger partial charge in [0.25, 0.3) is 0 Å². The Balaban J connectivity index is 1.34. The Morgan fingerprint density at radius 2 is 1.28 bits per heavy atom. The van der Waals surface area contributed by atoms with E-state index in [1.165, 1.54) is 11.1 Å². The Morgan fingerprint density at radius 3 is 1.83 bits per heavy atom. The Labute approximate surface area is 223 Å². The number of rotatable bonds is 6. The minimum absolute atomic E-state index is 0.563. The number of hydrogen-bond acceptors (Lipinski definition) is 4. The number of aromatic nitrogens is 2. The monoisotopic (exact) mass is 516 g/mol. The van der Waals surface area contributed by atoms with Crippen LogP contribution in [-0.4, -0.2) is 41.0 Å². The second-order valence-electron chi connectivity index (χ2n) is 9.60. The molecule has 3 aromatic carbocycles. The second kappa shape index (κ2) is 11.0. The topological polar surface area (TPSA) is 32.3 Å². The van der Waals surface area contributed by atoms with E-state index in [1.54, 1.807) is 0 Å². The smallest absolute Gasteiger partial charge is 0.147 e. The van der Waals surface area contributed by atoms with Crippen LogP contribution in [0.25, 0.3) is 22.5 Å². The Kier molecular flexibility index (Phi) is 7.56.